The zero-order valence-corrected chi connectivity index (χ0v) is 30.9. The van der Waals surface area contributed by atoms with Crippen LogP contribution in [0, 0.1) is 0 Å². The van der Waals surface area contributed by atoms with Crippen molar-refractivity contribution in [2.45, 2.75) is 118 Å². The summed E-state index contributed by atoms with van der Waals surface area (Å²) in [7, 11) is -2.95. The Kier molecular flexibility index (Phi) is 16.3. The van der Waals surface area contributed by atoms with Crippen LogP contribution in [-0.4, -0.2) is 61.7 Å². The van der Waals surface area contributed by atoms with Crippen LogP contribution in [0.2, 0.25) is 104 Å². The third-order valence-electron chi connectivity index (χ3n) is 4.91. The van der Waals surface area contributed by atoms with Crippen molar-refractivity contribution in [1.82, 2.24) is 0 Å². The smallest absolute Gasteiger partial charge is 0.0303 e. The van der Waals surface area contributed by atoms with E-state index in [1.807, 2.05) is 0 Å². The van der Waals surface area contributed by atoms with Gasteiger partial charge in [-0.15, -0.1) is 0 Å². The molecule has 9 heteroatoms. The molecule has 0 amide bonds. The summed E-state index contributed by atoms with van der Waals surface area (Å²) in [5, 5.41) is 0. The van der Waals surface area contributed by atoms with Crippen molar-refractivity contribution in [3.63, 3.8) is 0 Å². The van der Waals surface area contributed by atoms with Gasteiger partial charge < -0.3 is 0 Å². The summed E-state index contributed by atoms with van der Waals surface area (Å²) >= 11 is 0. The van der Waals surface area contributed by atoms with E-state index in [1.165, 1.54) is 12.1 Å². The van der Waals surface area contributed by atoms with Crippen LogP contribution in [0.1, 0.15) is 13.8 Å². The van der Waals surface area contributed by atoms with E-state index >= 15 is 0 Å². The molecule has 0 aliphatic carbocycles. The zero-order valence-electron chi connectivity index (χ0n) is 21.8. The van der Waals surface area contributed by atoms with Gasteiger partial charge in [-0.1, -0.05) is 118 Å². The van der Waals surface area contributed by atoms with Crippen LogP contribution < -0.4 is 0 Å². The Bertz CT molecular complexity index is 324. The van der Waals surface area contributed by atoms with E-state index in [4.69, 9.17) is 0 Å². The Morgan fingerprint density at radius 2 is 0.593 bits per heavy atom. The number of hydrogen-bond donors (Lipinski definition) is 0. The first-order valence-electron chi connectivity index (χ1n) is 10.6. The standard InChI is InChI=1S/2C9H26Si4.Fe/c2*1-9-10(2)11(12(3,4)5)13(6,7)8;/h2*9H2,1-8H3;. The molecule has 0 heterocycles. The maximum absolute atomic E-state index is 2.61. The predicted octanol–water partition coefficient (Wildman–Crippen LogP) is 7.07. The average Bonchev–Trinajstić information content (AvgIpc) is 2.31. The van der Waals surface area contributed by atoms with Crippen molar-refractivity contribution in [2.75, 3.05) is 0 Å². The molecule has 0 rings (SSSR count). The van der Waals surface area contributed by atoms with Crippen LogP contribution >= 0.6 is 0 Å². The molecule has 0 N–H and O–H groups in total. The summed E-state index contributed by atoms with van der Waals surface area (Å²) in [5.74, 6) is 0. The van der Waals surface area contributed by atoms with Crippen molar-refractivity contribution in [3.8, 4) is 0 Å². The second-order valence-corrected chi connectivity index (χ2v) is 77.2. The largest absolute Gasteiger partial charge is 0.0737 e. The van der Waals surface area contributed by atoms with Crippen LogP contribution in [0.25, 0.3) is 0 Å². The fraction of sp³-hybridized carbons (Fsp3) is 1.00. The minimum absolute atomic E-state index is 0. The Labute approximate surface area is 195 Å². The van der Waals surface area contributed by atoms with Gasteiger partial charge in [0.15, 0.2) is 0 Å². The third-order valence-corrected chi connectivity index (χ3v) is 109. The number of rotatable bonds is 8. The molecule has 0 aliphatic heterocycles. The fourth-order valence-corrected chi connectivity index (χ4v) is 139. The van der Waals surface area contributed by atoms with Crippen LogP contribution in [0.3, 0.4) is 0 Å². The second kappa shape index (κ2) is 13.0. The molecule has 0 atom stereocenters. The first-order valence-corrected chi connectivity index (χ1v) is 38.0. The van der Waals surface area contributed by atoms with Gasteiger partial charge in [-0.2, -0.15) is 0 Å². The SMILES string of the molecule is CC[Si](C)[Si]([Si](C)(C)C)[Si](C)(C)C.CC[Si](C)[Si]([Si](C)(C)C)[Si](C)(C)C.[Fe]. The molecule has 0 spiro atoms. The molecule has 0 aromatic carbocycles. The third kappa shape index (κ3) is 13.3. The van der Waals surface area contributed by atoms with Gasteiger partial charge >= 0.3 is 0 Å². The maximum Gasteiger partial charge on any atom is 0.0303 e. The minimum Gasteiger partial charge on any atom is -0.0737 e. The van der Waals surface area contributed by atoms with Crippen molar-refractivity contribution in [2.24, 2.45) is 0 Å². The van der Waals surface area contributed by atoms with E-state index in [2.05, 4.69) is 106 Å². The molecule has 0 aliphatic rings. The molecule has 4 radical (unpaired) electrons. The quantitative estimate of drug-likeness (QED) is 0.284. The summed E-state index contributed by atoms with van der Waals surface area (Å²) in [6.07, 6.45) is 0. The maximum atomic E-state index is 2.61. The summed E-state index contributed by atoms with van der Waals surface area (Å²) in [6.45, 7) is 41.4. The van der Waals surface area contributed by atoms with Crippen molar-refractivity contribution in [1.29, 1.82) is 0 Å². The summed E-state index contributed by atoms with van der Waals surface area (Å²) in [4.78, 5) is 0. The van der Waals surface area contributed by atoms with Crippen LogP contribution in [0.4, 0.5) is 0 Å². The van der Waals surface area contributed by atoms with Gasteiger partial charge in [0, 0.05) is 78.8 Å². The minimum atomic E-state index is -0.797. The molecular formula is C18H52FeSi8. The van der Waals surface area contributed by atoms with Crippen LogP contribution in [0.15, 0.2) is 0 Å². The summed E-state index contributed by atoms with van der Waals surface area (Å²) in [6, 6.07) is 3.01. The van der Waals surface area contributed by atoms with Gasteiger partial charge in [0.25, 0.3) is 0 Å². The van der Waals surface area contributed by atoms with E-state index < -0.39 is 30.4 Å². The molecule has 0 unspecified atom stereocenters. The van der Waals surface area contributed by atoms with Crippen molar-refractivity contribution < 1.29 is 17.1 Å². The topological polar surface area (TPSA) is 0 Å². The second-order valence-electron chi connectivity index (χ2n) is 12.0. The molecule has 0 saturated heterocycles. The zero-order chi connectivity index (χ0) is 21.7. The molecule has 0 fully saturated rings. The molecule has 164 valence electrons. The molecule has 0 saturated carbocycles. The van der Waals surface area contributed by atoms with Crippen LogP contribution in [0.5, 0.6) is 0 Å². The molecule has 0 aromatic rings. The van der Waals surface area contributed by atoms with Crippen LogP contribution in [-0.2, 0) is 17.1 Å². The van der Waals surface area contributed by atoms with Gasteiger partial charge in [-0.25, -0.2) is 0 Å². The van der Waals surface area contributed by atoms with Gasteiger partial charge in [-0.3, -0.25) is 0 Å². The molecular weight excluding hydrogens is 497 g/mol. The van der Waals surface area contributed by atoms with Gasteiger partial charge in [0.2, 0.25) is 0 Å². The molecule has 27 heavy (non-hydrogen) atoms. The van der Waals surface area contributed by atoms with Gasteiger partial charge in [-0.05, 0) is 0 Å². The predicted molar refractivity (Wildman–Crippen MR) is 149 cm³/mol. The molecule has 0 nitrogen and oxygen atoms in total. The van der Waals surface area contributed by atoms with E-state index in [-0.39, 0.29) is 48.4 Å². The van der Waals surface area contributed by atoms with E-state index in [0.717, 1.165) is 0 Å². The van der Waals surface area contributed by atoms with Gasteiger partial charge in [0.1, 0.15) is 0 Å². The van der Waals surface area contributed by atoms with E-state index in [1.54, 1.807) is 0 Å². The van der Waals surface area contributed by atoms with E-state index in [0.29, 0.717) is 0 Å². The Balaban J connectivity index is -0.000000411. The van der Waals surface area contributed by atoms with Crippen molar-refractivity contribution >= 4 is 61.7 Å². The molecule has 0 aromatic heterocycles. The fourth-order valence-electron chi connectivity index (χ4n) is 5.16. The monoisotopic (exact) mass is 548 g/mol. The van der Waals surface area contributed by atoms with E-state index in [9.17, 15) is 0 Å². The molecule has 0 bridgehead atoms. The van der Waals surface area contributed by atoms with Crippen molar-refractivity contribution in [3.05, 3.63) is 0 Å². The Morgan fingerprint density at radius 1 is 0.444 bits per heavy atom. The summed E-state index contributed by atoms with van der Waals surface area (Å²) < 4.78 is 0. The Hall–Kier alpha value is 2.25. The Morgan fingerprint density at radius 3 is 0.630 bits per heavy atom. The van der Waals surface area contributed by atoms with Gasteiger partial charge in [0.05, 0.1) is 0 Å². The normalized spacial score (nSPS) is 13.8. The summed E-state index contributed by atoms with van der Waals surface area (Å²) in [5.41, 5.74) is 0. The first kappa shape index (κ1) is 33.9. The average molecular weight is 549 g/mol. The number of hydrogen-bond acceptors (Lipinski definition) is 0. The first-order chi connectivity index (χ1) is 11.2.